The van der Waals surface area contributed by atoms with Crippen LogP contribution in [-0.4, -0.2) is 54.3 Å². The van der Waals surface area contributed by atoms with Crippen LogP contribution in [0.2, 0.25) is 0 Å². The van der Waals surface area contributed by atoms with E-state index in [1.807, 2.05) is 42.5 Å². The first-order chi connectivity index (χ1) is 18.2. The third-order valence-electron chi connectivity index (χ3n) is 6.91. The number of nitrogens with zero attached hydrogens (tertiary/aromatic N) is 1. The van der Waals surface area contributed by atoms with Gasteiger partial charge < -0.3 is 21.3 Å². The molecule has 38 heavy (non-hydrogen) atoms. The molecule has 0 aliphatic rings. The van der Waals surface area contributed by atoms with E-state index in [0.29, 0.717) is 49.5 Å². The van der Waals surface area contributed by atoms with E-state index in [9.17, 15) is 14.4 Å². The van der Waals surface area contributed by atoms with Gasteiger partial charge >= 0.3 is 0 Å². The van der Waals surface area contributed by atoms with Crippen molar-refractivity contribution in [1.29, 1.82) is 0 Å². The lowest BCUT2D eigenvalue weighted by Gasteiger charge is -2.27. The highest BCUT2D eigenvalue weighted by Crippen LogP contribution is 2.16. The minimum atomic E-state index is -0.419. The predicted octanol–water partition coefficient (Wildman–Crippen LogP) is 4.87. The van der Waals surface area contributed by atoms with Crippen LogP contribution in [0.3, 0.4) is 0 Å². The van der Waals surface area contributed by atoms with E-state index in [1.165, 1.54) is 0 Å². The molecular formula is C30H46N4O3S. The average molecular weight is 543 g/mol. The predicted molar refractivity (Wildman–Crippen MR) is 156 cm³/mol. The van der Waals surface area contributed by atoms with Crippen molar-refractivity contribution in [2.45, 2.75) is 78.8 Å². The van der Waals surface area contributed by atoms with Crippen molar-refractivity contribution in [1.82, 2.24) is 15.5 Å². The lowest BCUT2D eigenvalue weighted by Crippen LogP contribution is -2.50. The zero-order valence-electron chi connectivity index (χ0n) is 23.7. The van der Waals surface area contributed by atoms with Crippen LogP contribution in [0.1, 0.15) is 86.6 Å². The molecule has 210 valence electrons. The van der Waals surface area contributed by atoms with Gasteiger partial charge in [-0.2, -0.15) is 11.3 Å². The lowest BCUT2D eigenvalue weighted by atomic mass is 9.92. The van der Waals surface area contributed by atoms with Gasteiger partial charge in [0.2, 0.25) is 5.91 Å². The van der Waals surface area contributed by atoms with Crippen LogP contribution in [0.15, 0.2) is 41.1 Å². The van der Waals surface area contributed by atoms with Crippen molar-refractivity contribution >= 4 is 29.1 Å². The normalized spacial score (nSPS) is 14.3. The van der Waals surface area contributed by atoms with Gasteiger partial charge in [-0.3, -0.25) is 14.4 Å². The molecule has 1 heterocycles. The lowest BCUT2D eigenvalue weighted by molar-refractivity contribution is -0.125. The molecule has 7 nitrogen and oxygen atoms in total. The van der Waals surface area contributed by atoms with Crippen molar-refractivity contribution in [3.63, 3.8) is 0 Å². The van der Waals surface area contributed by atoms with E-state index in [2.05, 4.69) is 24.5 Å². The summed E-state index contributed by atoms with van der Waals surface area (Å²) >= 11 is 1.59. The maximum Gasteiger partial charge on any atom is 0.253 e. The van der Waals surface area contributed by atoms with Gasteiger partial charge in [-0.15, -0.1) is 0 Å². The molecule has 0 saturated carbocycles. The molecule has 0 aliphatic carbocycles. The Labute approximate surface area is 232 Å². The molecular weight excluding hydrogens is 496 g/mol. The monoisotopic (exact) mass is 542 g/mol. The number of carbonyl (C=O) groups is 3. The molecule has 8 heteroatoms. The van der Waals surface area contributed by atoms with Crippen LogP contribution in [0, 0.1) is 11.8 Å². The van der Waals surface area contributed by atoms with Crippen LogP contribution < -0.4 is 16.4 Å². The number of rotatable bonds is 16. The van der Waals surface area contributed by atoms with Gasteiger partial charge in [0.05, 0.1) is 0 Å². The highest BCUT2D eigenvalue weighted by Gasteiger charge is 2.26. The summed E-state index contributed by atoms with van der Waals surface area (Å²) < 4.78 is 0. The number of benzene rings is 1. The summed E-state index contributed by atoms with van der Waals surface area (Å²) in [5.74, 6) is -0.214. The van der Waals surface area contributed by atoms with E-state index in [0.717, 1.165) is 24.8 Å². The standard InChI is InChI=1S/C30H46N4O3S/c1-6-13-34(14-7-2)30(37)25-11-9-10-24(18-25)29(36)33-27(17-23-12-15-38-20-23)26(31)16-22(5)28(35)32-19-21(4)8-3/h9-12,15,18,20-22,26-27H,6-8,13-14,16-17,19,31H2,1-5H3,(H,32,35)(H,33,36)/t21-,22+,26-,27-/m0/s1. The van der Waals surface area contributed by atoms with Crippen LogP contribution in [0.25, 0.3) is 0 Å². The van der Waals surface area contributed by atoms with Crippen molar-refractivity contribution in [3.8, 4) is 0 Å². The molecule has 0 bridgehead atoms. The van der Waals surface area contributed by atoms with E-state index >= 15 is 0 Å². The molecule has 0 aliphatic heterocycles. The Hall–Kier alpha value is -2.71. The SMILES string of the molecule is CCCN(CCC)C(=O)c1cccc(C(=O)N[C@@H](Cc2ccsc2)[C@@H](N)C[C@@H](C)C(=O)NC[C@@H](C)CC)c1. The summed E-state index contributed by atoms with van der Waals surface area (Å²) in [6, 6.07) is 8.12. The van der Waals surface area contributed by atoms with Crippen molar-refractivity contribution in [2.75, 3.05) is 19.6 Å². The summed E-state index contributed by atoms with van der Waals surface area (Å²) in [4.78, 5) is 40.9. The second-order valence-electron chi connectivity index (χ2n) is 10.3. The molecule has 0 radical (unpaired) electrons. The zero-order valence-corrected chi connectivity index (χ0v) is 24.5. The minimum absolute atomic E-state index is 0.0173. The molecule has 1 aromatic carbocycles. The van der Waals surface area contributed by atoms with Crippen LogP contribution in [0.4, 0.5) is 0 Å². The highest BCUT2D eigenvalue weighted by atomic mass is 32.1. The van der Waals surface area contributed by atoms with Crippen LogP contribution >= 0.6 is 11.3 Å². The molecule has 2 rings (SSSR count). The number of hydrogen-bond acceptors (Lipinski definition) is 5. The first-order valence-corrected chi connectivity index (χ1v) is 14.9. The van der Waals surface area contributed by atoms with Crippen molar-refractivity contribution in [3.05, 3.63) is 57.8 Å². The second kappa shape index (κ2) is 16.3. The summed E-state index contributed by atoms with van der Waals surface area (Å²) in [6.07, 6.45) is 3.77. The largest absolute Gasteiger partial charge is 0.356 e. The van der Waals surface area contributed by atoms with Crippen LogP contribution in [-0.2, 0) is 11.2 Å². The van der Waals surface area contributed by atoms with Gasteiger partial charge in [-0.25, -0.2) is 0 Å². The third kappa shape index (κ3) is 9.87. The Morgan fingerprint density at radius 2 is 1.71 bits per heavy atom. The molecule has 1 aromatic heterocycles. The minimum Gasteiger partial charge on any atom is -0.356 e. The summed E-state index contributed by atoms with van der Waals surface area (Å²) in [7, 11) is 0. The van der Waals surface area contributed by atoms with Gasteiger partial charge in [-0.05, 0) is 72.2 Å². The van der Waals surface area contributed by atoms with Crippen LogP contribution in [0.5, 0.6) is 0 Å². The van der Waals surface area contributed by atoms with Gasteiger partial charge in [0.15, 0.2) is 0 Å². The molecule has 2 aromatic rings. The Morgan fingerprint density at radius 1 is 1.03 bits per heavy atom. The number of nitrogens with one attached hydrogen (secondary N) is 2. The Morgan fingerprint density at radius 3 is 2.32 bits per heavy atom. The fourth-order valence-corrected chi connectivity index (χ4v) is 5.01. The van der Waals surface area contributed by atoms with Gasteiger partial charge in [0, 0.05) is 48.8 Å². The van der Waals surface area contributed by atoms with Crippen molar-refractivity contribution in [2.24, 2.45) is 17.6 Å². The molecule has 0 spiro atoms. The number of nitrogens with two attached hydrogens (primary N) is 1. The molecule has 0 unspecified atom stereocenters. The first kappa shape index (κ1) is 31.5. The molecule has 4 atom stereocenters. The fraction of sp³-hybridized carbons (Fsp3) is 0.567. The second-order valence-corrected chi connectivity index (χ2v) is 11.1. The highest BCUT2D eigenvalue weighted by molar-refractivity contribution is 7.07. The Bertz CT molecular complexity index is 1000. The fourth-order valence-electron chi connectivity index (χ4n) is 4.33. The van der Waals surface area contributed by atoms with E-state index in [4.69, 9.17) is 5.73 Å². The maximum atomic E-state index is 13.3. The molecule has 0 saturated heterocycles. The topological polar surface area (TPSA) is 105 Å². The Kier molecular flexibility index (Phi) is 13.5. The average Bonchev–Trinajstić information content (AvgIpc) is 3.43. The van der Waals surface area contributed by atoms with Crippen molar-refractivity contribution < 1.29 is 14.4 Å². The van der Waals surface area contributed by atoms with E-state index in [1.54, 1.807) is 35.6 Å². The number of thiophene rings is 1. The maximum absolute atomic E-state index is 13.3. The number of hydrogen-bond donors (Lipinski definition) is 3. The number of carbonyl (C=O) groups excluding carboxylic acids is 3. The van der Waals surface area contributed by atoms with Gasteiger partial charge in [0.25, 0.3) is 11.8 Å². The van der Waals surface area contributed by atoms with Gasteiger partial charge in [-0.1, -0.05) is 47.1 Å². The summed E-state index contributed by atoms with van der Waals surface area (Å²) in [5.41, 5.74) is 8.63. The first-order valence-electron chi connectivity index (χ1n) is 13.9. The zero-order chi connectivity index (χ0) is 28.1. The smallest absolute Gasteiger partial charge is 0.253 e. The third-order valence-corrected chi connectivity index (χ3v) is 7.64. The van der Waals surface area contributed by atoms with E-state index in [-0.39, 0.29) is 29.7 Å². The molecule has 0 fully saturated rings. The summed E-state index contributed by atoms with van der Waals surface area (Å²) in [5, 5.41) is 10.2. The van der Waals surface area contributed by atoms with Gasteiger partial charge in [0.1, 0.15) is 0 Å². The molecule has 3 amide bonds. The number of amides is 3. The quantitative estimate of drug-likeness (QED) is 0.282. The molecule has 4 N–H and O–H groups in total. The summed E-state index contributed by atoms with van der Waals surface area (Å²) in [6.45, 7) is 12.2. The Balaban J connectivity index is 2.15. The van der Waals surface area contributed by atoms with E-state index < -0.39 is 6.04 Å².